The third kappa shape index (κ3) is 5.07. The molecule has 3 aromatic rings. The molecule has 0 fully saturated rings. The molecule has 3 rings (SSSR count). The quantitative estimate of drug-likeness (QED) is 0.683. The molecule has 0 atom stereocenters. The van der Waals surface area contributed by atoms with Gasteiger partial charge in [-0.1, -0.05) is 54.1 Å². The largest absolute Gasteiger partial charge is 0.482 e. The van der Waals surface area contributed by atoms with E-state index < -0.39 is 0 Å². The summed E-state index contributed by atoms with van der Waals surface area (Å²) in [4.78, 5) is 16.1. The highest BCUT2D eigenvalue weighted by atomic mass is 35.5. The highest BCUT2D eigenvalue weighted by molar-refractivity contribution is 6.32. The summed E-state index contributed by atoms with van der Waals surface area (Å²) in [6.45, 7) is 0.437. The predicted molar refractivity (Wildman–Crippen MR) is 103 cm³/mol. The summed E-state index contributed by atoms with van der Waals surface area (Å²) in [5.74, 6) is 0.301. The van der Waals surface area contributed by atoms with Crippen LogP contribution >= 0.6 is 11.6 Å². The van der Waals surface area contributed by atoms with Crippen LogP contribution in [0.1, 0.15) is 5.69 Å². The number of nitrogens with one attached hydrogen (secondary N) is 1. The zero-order chi connectivity index (χ0) is 18.2. The molecule has 1 N–H and O–H groups in total. The van der Waals surface area contributed by atoms with Crippen LogP contribution in [0.5, 0.6) is 5.75 Å². The predicted octanol–water partition coefficient (Wildman–Crippen LogP) is 4.14. The van der Waals surface area contributed by atoms with E-state index in [1.165, 1.54) is 0 Å². The van der Waals surface area contributed by atoms with Crippen LogP contribution in [0.25, 0.3) is 11.1 Å². The van der Waals surface area contributed by atoms with Gasteiger partial charge in [-0.2, -0.15) is 0 Å². The number of ether oxygens (including phenoxy) is 1. The molecule has 1 heterocycles. The number of pyridine rings is 1. The number of nitrogens with zero attached hydrogens (tertiary/aromatic N) is 1. The Morgan fingerprint density at radius 2 is 1.81 bits per heavy atom. The molecule has 0 saturated heterocycles. The van der Waals surface area contributed by atoms with Gasteiger partial charge in [-0.25, -0.2) is 0 Å². The van der Waals surface area contributed by atoms with E-state index in [1.807, 2.05) is 60.7 Å². The number of hydrogen-bond acceptors (Lipinski definition) is 3. The van der Waals surface area contributed by atoms with Crippen LogP contribution in [0.15, 0.2) is 72.9 Å². The minimum absolute atomic E-state index is 0.0768. The van der Waals surface area contributed by atoms with E-state index in [9.17, 15) is 4.79 Å². The molecule has 0 radical (unpaired) electrons. The number of halogens is 1. The Labute approximate surface area is 157 Å². The topological polar surface area (TPSA) is 51.2 Å². The van der Waals surface area contributed by atoms with Crippen LogP contribution < -0.4 is 10.1 Å². The third-order valence-corrected chi connectivity index (χ3v) is 4.12. The Hall–Kier alpha value is -2.85. The number of rotatable bonds is 7. The minimum Gasteiger partial charge on any atom is -0.482 e. The second kappa shape index (κ2) is 9.02. The SMILES string of the molecule is O=C(COc1ccc(-c2ccccc2)cc1Cl)NCCc1ccccn1. The maximum Gasteiger partial charge on any atom is 0.257 e. The van der Waals surface area contributed by atoms with Crippen LogP contribution in [-0.4, -0.2) is 24.0 Å². The molecule has 0 spiro atoms. The number of carbonyl (C=O) groups is 1. The van der Waals surface area contributed by atoms with E-state index in [1.54, 1.807) is 12.3 Å². The fourth-order valence-electron chi connectivity index (χ4n) is 2.50. The summed E-state index contributed by atoms with van der Waals surface area (Å²) in [5, 5.41) is 3.29. The van der Waals surface area contributed by atoms with Crippen molar-refractivity contribution in [3.05, 3.63) is 83.6 Å². The van der Waals surface area contributed by atoms with Gasteiger partial charge < -0.3 is 10.1 Å². The maximum atomic E-state index is 11.9. The summed E-state index contributed by atoms with van der Waals surface area (Å²) in [5.41, 5.74) is 3.02. The fourth-order valence-corrected chi connectivity index (χ4v) is 2.73. The minimum atomic E-state index is -0.191. The first-order valence-electron chi connectivity index (χ1n) is 8.37. The number of carbonyl (C=O) groups excluding carboxylic acids is 1. The highest BCUT2D eigenvalue weighted by Crippen LogP contribution is 2.30. The molecule has 2 aromatic carbocycles. The Morgan fingerprint density at radius 1 is 1.00 bits per heavy atom. The average Bonchev–Trinajstić information content (AvgIpc) is 2.68. The summed E-state index contributed by atoms with van der Waals surface area (Å²) in [6, 6.07) is 21.2. The van der Waals surface area contributed by atoms with Crippen molar-refractivity contribution in [1.82, 2.24) is 10.3 Å². The van der Waals surface area contributed by atoms with Gasteiger partial charge in [0.05, 0.1) is 5.02 Å². The Kier molecular flexibility index (Phi) is 6.23. The molecule has 0 bridgehead atoms. The van der Waals surface area contributed by atoms with Gasteiger partial charge in [-0.05, 0) is 35.4 Å². The van der Waals surface area contributed by atoms with Crippen molar-refractivity contribution in [2.24, 2.45) is 0 Å². The first-order valence-corrected chi connectivity index (χ1v) is 8.74. The van der Waals surface area contributed by atoms with E-state index in [4.69, 9.17) is 16.3 Å². The van der Waals surface area contributed by atoms with E-state index in [2.05, 4.69) is 10.3 Å². The molecule has 4 nitrogen and oxygen atoms in total. The van der Waals surface area contributed by atoms with Gasteiger partial charge >= 0.3 is 0 Å². The lowest BCUT2D eigenvalue weighted by Gasteiger charge is -2.10. The van der Waals surface area contributed by atoms with Crippen molar-refractivity contribution < 1.29 is 9.53 Å². The van der Waals surface area contributed by atoms with Crippen molar-refractivity contribution in [2.45, 2.75) is 6.42 Å². The number of hydrogen-bond donors (Lipinski definition) is 1. The molecule has 0 aliphatic carbocycles. The normalized spacial score (nSPS) is 10.3. The van der Waals surface area contributed by atoms with E-state index >= 15 is 0 Å². The molecule has 1 aromatic heterocycles. The molecule has 1 amide bonds. The van der Waals surface area contributed by atoms with Crippen molar-refractivity contribution in [2.75, 3.05) is 13.2 Å². The molecule has 0 aliphatic rings. The molecule has 5 heteroatoms. The van der Waals surface area contributed by atoms with Gasteiger partial charge in [-0.15, -0.1) is 0 Å². The van der Waals surface area contributed by atoms with Gasteiger partial charge in [0.1, 0.15) is 5.75 Å². The summed E-state index contributed by atoms with van der Waals surface area (Å²) in [6.07, 6.45) is 2.42. The van der Waals surface area contributed by atoms with Crippen LogP contribution in [0.3, 0.4) is 0 Å². The highest BCUT2D eigenvalue weighted by Gasteiger charge is 2.08. The molecular weight excluding hydrogens is 348 g/mol. The molecular formula is C21H19ClN2O2. The maximum absolute atomic E-state index is 11.9. The van der Waals surface area contributed by atoms with Crippen molar-refractivity contribution in [3.8, 4) is 16.9 Å². The zero-order valence-corrected chi connectivity index (χ0v) is 14.9. The lowest BCUT2D eigenvalue weighted by molar-refractivity contribution is -0.123. The van der Waals surface area contributed by atoms with Gasteiger partial charge in [0.25, 0.3) is 5.91 Å². The third-order valence-electron chi connectivity index (χ3n) is 3.83. The van der Waals surface area contributed by atoms with Crippen LogP contribution in [0.4, 0.5) is 0 Å². The zero-order valence-electron chi connectivity index (χ0n) is 14.2. The lowest BCUT2D eigenvalue weighted by Crippen LogP contribution is -2.30. The Balaban J connectivity index is 1.49. The van der Waals surface area contributed by atoms with E-state index in [0.29, 0.717) is 23.7 Å². The summed E-state index contributed by atoms with van der Waals surface area (Å²) in [7, 11) is 0. The Bertz CT molecular complexity index is 854. The summed E-state index contributed by atoms with van der Waals surface area (Å²) < 4.78 is 5.53. The van der Waals surface area contributed by atoms with Crippen LogP contribution in [-0.2, 0) is 11.2 Å². The van der Waals surface area contributed by atoms with Gasteiger partial charge in [0.2, 0.25) is 0 Å². The van der Waals surface area contributed by atoms with Gasteiger partial charge in [-0.3, -0.25) is 9.78 Å². The van der Waals surface area contributed by atoms with Crippen LogP contribution in [0, 0.1) is 0 Å². The monoisotopic (exact) mass is 366 g/mol. The van der Waals surface area contributed by atoms with E-state index in [-0.39, 0.29) is 12.5 Å². The number of amides is 1. The Morgan fingerprint density at radius 3 is 2.54 bits per heavy atom. The molecule has 132 valence electrons. The standard InChI is InChI=1S/C21H19ClN2O2/c22-19-14-17(16-6-2-1-3-7-16)9-10-20(19)26-15-21(25)24-13-11-18-8-4-5-12-23-18/h1-10,12,14H,11,13,15H2,(H,24,25). The molecule has 26 heavy (non-hydrogen) atoms. The van der Waals surface area contributed by atoms with Gasteiger partial charge in [0, 0.05) is 24.9 Å². The molecule has 0 aliphatic heterocycles. The molecule has 0 unspecified atom stereocenters. The fraction of sp³-hybridized carbons (Fsp3) is 0.143. The second-order valence-corrected chi connectivity index (χ2v) is 6.13. The second-order valence-electron chi connectivity index (χ2n) is 5.72. The first-order chi connectivity index (χ1) is 12.7. The van der Waals surface area contributed by atoms with Crippen molar-refractivity contribution in [3.63, 3.8) is 0 Å². The lowest BCUT2D eigenvalue weighted by atomic mass is 10.1. The number of aromatic nitrogens is 1. The van der Waals surface area contributed by atoms with Crippen molar-refractivity contribution >= 4 is 17.5 Å². The summed E-state index contributed by atoms with van der Waals surface area (Å²) >= 11 is 6.28. The number of benzene rings is 2. The van der Waals surface area contributed by atoms with Crippen molar-refractivity contribution in [1.29, 1.82) is 0 Å². The van der Waals surface area contributed by atoms with Crippen LogP contribution in [0.2, 0.25) is 5.02 Å². The molecule has 0 saturated carbocycles. The van der Waals surface area contributed by atoms with Gasteiger partial charge in [0.15, 0.2) is 6.61 Å². The average molecular weight is 367 g/mol. The van der Waals surface area contributed by atoms with E-state index in [0.717, 1.165) is 16.8 Å². The first kappa shape index (κ1) is 18.0. The smallest absolute Gasteiger partial charge is 0.257 e.